The summed E-state index contributed by atoms with van der Waals surface area (Å²) in [6.45, 7) is 7.91. The average molecular weight is 356 g/mol. The van der Waals surface area contributed by atoms with Crippen LogP contribution < -0.4 is 0 Å². The van der Waals surface area contributed by atoms with Crippen molar-refractivity contribution in [3.63, 3.8) is 0 Å². The molecule has 27 heavy (non-hydrogen) atoms. The van der Waals surface area contributed by atoms with Crippen LogP contribution in [0.4, 0.5) is 0 Å². The number of rotatable bonds is 2. The van der Waals surface area contributed by atoms with Gasteiger partial charge in [-0.15, -0.1) is 0 Å². The average Bonchev–Trinajstić information content (AvgIpc) is 2.91. The Bertz CT molecular complexity index is 961. The van der Waals surface area contributed by atoms with E-state index in [9.17, 15) is 4.79 Å². The molecule has 0 atom stereocenters. The minimum absolute atomic E-state index is 0.236. The molecular weight excluding hydrogens is 332 g/mol. The topological polar surface area (TPSA) is 26.3 Å². The van der Waals surface area contributed by atoms with Crippen LogP contribution in [0.25, 0.3) is 11.1 Å². The molecule has 0 amide bonds. The maximum absolute atomic E-state index is 12.3. The molecule has 3 aromatic carbocycles. The largest absolute Gasteiger partial charge is 0.456 e. The fourth-order valence-electron chi connectivity index (χ4n) is 4.04. The number of hydrogen-bond acceptors (Lipinski definition) is 2. The van der Waals surface area contributed by atoms with Crippen LogP contribution in [0.3, 0.4) is 0 Å². The van der Waals surface area contributed by atoms with Crippen molar-refractivity contribution in [1.29, 1.82) is 0 Å². The van der Waals surface area contributed by atoms with Crippen molar-refractivity contribution < 1.29 is 9.53 Å². The lowest BCUT2D eigenvalue weighted by atomic mass is 9.74. The summed E-state index contributed by atoms with van der Waals surface area (Å²) < 4.78 is 5.49. The number of benzene rings is 3. The van der Waals surface area contributed by atoms with E-state index in [4.69, 9.17) is 4.74 Å². The van der Waals surface area contributed by atoms with Crippen LogP contribution in [0, 0.1) is 0 Å². The van der Waals surface area contributed by atoms with E-state index in [2.05, 4.69) is 67.6 Å². The van der Waals surface area contributed by atoms with Gasteiger partial charge in [-0.1, -0.05) is 60.7 Å². The normalized spacial score (nSPS) is 14.4. The van der Waals surface area contributed by atoms with Crippen molar-refractivity contribution in [1.82, 2.24) is 0 Å². The fourth-order valence-corrected chi connectivity index (χ4v) is 4.04. The van der Waals surface area contributed by atoms with E-state index in [0.717, 1.165) is 0 Å². The first-order chi connectivity index (χ1) is 12.8. The summed E-state index contributed by atoms with van der Waals surface area (Å²) in [4.78, 5) is 12.3. The van der Waals surface area contributed by atoms with E-state index in [1.807, 2.05) is 32.9 Å². The predicted octanol–water partition coefficient (Wildman–Crippen LogP) is 5.98. The molecule has 2 nitrogen and oxygen atoms in total. The zero-order valence-corrected chi connectivity index (χ0v) is 16.2. The van der Waals surface area contributed by atoms with Gasteiger partial charge in [0.1, 0.15) is 5.60 Å². The van der Waals surface area contributed by atoms with Gasteiger partial charge in [0.05, 0.1) is 5.56 Å². The second-order valence-electron chi connectivity index (χ2n) is 8.30. The molecule has 0 bridgehead atoms. The van der Waals surface area contributed by atoms with Crippen molar-refractivity contribution in [2.75, 3.05) is 0 Å². The molecule has 0 N–H and O–H groups in total. The van der Waals surface area contributed by atoms with Gasteiger partial charge in [-0.05, 0) is 67.6 Å². The van der Waals surface area contributed by atoms with Gasteiger partial charge in [0.15, 0.2) is 0 Å². The van der Waals surface area contributed by atoms with E-state index in [-0.39, 0.29) is 11.4 Å². The monoisotopic (exact) mass is 356 g/mol. The molecule has 0 saturated heterocycles. The van der Waals surface area contributed by atoms with Gasteiger partial charge < -0.3 is 4.74 Å². The first kappa shape index (κ1) is 17.5. The molecule has 0 saturated carbocycles. The summed E-state index contributed by atoms with van der Waals surface area (Å²) >= 11 is 0. The Morgan fingerprint density at radius 2 is 1.26 bits per heavy atom. The maximum atomic E-state index is 12.3. The van der Waals surface area contributed by atoms with Crippen LogP contribution in [0.5, 0.6) is 0 Å². The summed E-state index contributed by atoms with van der Waals surface area (Å²) in [7, 11) is 0. The number of ether oxygens (including phenoxy) is 1. The minimum atomic E-state index is -0.495. The van der Waals surface area contributed by atoms with Crippen molar-refractivity contribution in [2.24, 2.45) is 0 Å². The number of hydrogen-bond donors (Lipinski definition) is 0. The summed E-state index contributed by atoms with van der Waals surface area (Å²) in [5.41, 5.74) is 6.19. The predicted molar refractivity (Wildman–Crippen MR) is 109 cm³/mol. The number of fused-ring (bicyclic) bond motifs is 3. The van der Waals surface area contributed by atoms with E-state index < -0.39 is 5.60 Å². The molecule has 0 fully saturated rings. The highest BCUT2D eigenvalue weighted by Crippen LogP contribution is 2.51. The molecule has 3 aromatic rings. The summed E-state index contributed by atoms with van der Waals surface area (Å²) in [6.07, 6.45) is 0. The van der Waals surface area contributed by atoms with Crippen LogP contribution in [-0.2, 0) is 10.2 Å². The highest BCUT2D eigenvalue weighted by atomic mass is 16.6. The van der Waals surface area contributed by atoms with Gasteiger partial charge in [0.25, 0.3) is 0 Å². The lowest BCUT2D eigenvalue weighted by molar-refractivity contribution is 0.00695. The van der Waals surface area contributed by atoms with Crippen LogP contribution in [0.15, 0.2) is 72.8 Å². The Morgan fingerprint density at radius 3 is 1.74 bits per heavy atom. The smallest absolute Gasteiger partial charge is 0.338 e. The summed E-state index contributed by atoms with van der Waals surface area (Å²) in [6, 6.07) is 25.0. The minimum Gasteiger partial charge on any atom is -0.456 e. The summed E-state index contributed by atoms with van der Waals surface area (Å²) in [5, 5.41) is 0. The van der Waals surface area contributed by atoms with Crippen LogP contribution >= 0.6 is 0 Å². The van der Waals surface area contributed by atoms with Crippen molar-refractivity contribution in [3.05, 3.63) is 95.1 Å². The molecule has 1 aliphatic rings. The zero-order valence-electron chi connectivity index (χ0n) is 16.2. The first-order valence-corrected chi connectivity index (χ1v) is 9.34. The standard InChI is InChI=1S/C25H24O2/c1-24(2,3)27-23(26)17-13-15-18(16-14-17)25(4)21-11-7-5-9-19(21)20-10-6-8-12-22(20)25/h5-16H,1-4H3. The van der Waals surface area contributed by atoms with Gasteiger partial charge >= 0.3 is 5.97 Å². The molecule has 2 heteroatoms. The Hall–Kier alpha value is -2.87. The van der Waals surface area contributed by atoms with Gasteiger partial charge in [0.2, 0.25) is 0 Å². The van der Waals surface area contributed by atoms with Crippen molar-refractivity contribution in [3.8, 4) is 11.1 Å². The van der Waals surface area contributed by atoms with Crippen molar-refractivity contribution >= 4 is 5.97 Å². The number of carbonyl (C=O) groups excluding carboxylic acids is 1. The van der Waals surface area contributed by atoms with Crippen LogP contribution in [0.1, 0.15) is 54.7 Å². The molecular formula is C25H24O2. The van der Waals surface area contributed by atoms with E-state index >= 15 is 0 Å². The molecule has 1 aliphatic carbocycles. The third-order valence-electron chi connectivity index (χ3n) is 5.32. The number of carbonyl (C=O) groups is 1. The quantitative estimate of drug-likeness (QED) is 0.528. The first-order valence-electron chi connectivity index (χ1n) is 9.34. The Balaban J connectivity index is 1.78. The zero-order chi connectivity index (χ0) is 19.2. The van der Waals surface area contributed by atoms with Gasteiger partial charge in [-0.25, -0.2) is 4.79 Å². The molecule has 0 radical (unpaired) electrons. The summed E-state index contributed by atoms with van der Waals surface area (Å²) in [5.74, 6) is -0.286. The molecule has 0 aromatic heterocycles. The molecule has 0 unspecified atom stereocenters. The van der Waals surface area contributed by atoms with Gasteiger partial charge in [-0.3, -0.25) is 0 Å². The van der Waals surface area contributed by atoms with E-state index in [1.165, 1.54) is 27.8 Å². The number of esters is 1. The Morgan fingerprint density at radius 1 is 0.778 bits per heavy atom. The third kappa shape index (κ3) is 2.86. The highest BCUT2D eigenvalue weighted by Gasteiger charge is 2.40. The van der Waals surface area contributed by atoms with Crippen LogP contribution in [-0.4, -0.2) is 11.6 Å². The molecule has 4 rings (SSSR count). The van der Waals surface area contributed by atoms with Gasteiger partial charge in [0, 0.05) is 5.41 Å². The second kappa shape index (κ2) is 6.09. The third-order valence-corrected chi connectivity index (χ3v) is 5.32. The SMILES string of the molecule is CC(C)(C)OC(=O)c1ccc(C2(C)c3ccccc3-c3ccccc32)cc1. The van der Waals surface area contributed by atoms with E-state index in [1.54, 1.807) is 0 Å². The lowest BCUT2D eigenvalue weighted by Crippen LogP contribution is -2.24. The molecule has 0 aliphatic heterocycles. The van der Waals surface area contributed by atoms with E-state index in [0.29, 0.717) is 5.56 Å². The van der Waals surface area contributed by atoms with Crippen LogP contribution in [0.2, 0.25) is 0 Å². The van der Waals surface area contributed by atoms with Gasteiger partial charge in [-0.2, -0.15) is 0 Å². The molecule has 136 valence electrons. The molecule has 0 spiro atoms. The Labute approximate surface area is 160 Å². The van der Waals surface area contributed by atoms with Crippen molar-refractivity contribution in [2.45, 2.75) is 38.7 Å². The Kier molecular flexibility index (Phi) is 3.96. The highest BCUT2D eigenvalue weighted by molar-refractivity contribution is 5.90. The molecule has 0 heterocycles. The fraction of sp³-hybridized carbons (Fsp3) is 0.240. The second-order valence-corrected chi connectivity index (χ2v) is 8.30. The maximum Gasteiger partial charge on any atom is 0.338 e. The lowest BCUT2D eigenvalue weighted by Gasteiger charge is -2.28.